The van der Waals surface area contributed by atoms with Gasteiger partial charge in [-0.1, -0.05) is 60.0 Å². The number of hydrogen-bond acceptors (Lipinski definition) is 4. The van der Waals surface area contributed by atoms with E-state index in [1.165, 1.54) is 11.8 Å². The third kappa shape index (κ3) is 2.89. The monoisotopic (exact) mass is 316 g/mol. The molecule has 23 heavy (non-hydrogen) atoms. The molecule has 5 heteroatoms. The quantitative estimate of drug-likeness (QED) is 0.453. The van der Waals surface area contributed by atoms with E-state index in [2.05, 4.69) is 32.0 Å². The Morgan fingerprint density at radius 1 is 0.957 bits per heavy atom. The third-order valence-corrected chi connectivity index (χ3v) is 4.10. The van der Waals surface area contributed by atoms with Crippen molar-refractivity contribution in [2.75, 3.05) is 5.75 Å². The number of benzene rings is 2. The van der Waals surface area contributed by atoms with Crippen molar-refractivity contribution < 1.29 is 0 Å². The molecular weight excluding hydrogens is 304 g/mol. The van der Waals surface area contributed by atoms with Gasteiger partial charge in [-0.05, 0) is 18.2 Å². The number of thioether (sulfide) groups is 1. The molecule has 110 valence electrons. The molecule has 0 aliphatic heterocycles. The van der Waals surface area contributed by atoms with Crippen molar-refractivity contribution in [3.8, 4) is 11.8 Å². The number of H-pyrrole nitrogens is 1. The van der Waals surface area contributed by atoms with E-state index in [1.807, 2.05) is 54.6 Å². The maximum atomic E-state index is 4.52. The van der Waals surface area contributed by atoms with Crippen molar-refractivity contribution in [1.29, 1.82) is 0 Å². The van der Waals surface area contributed by atoms with Gasteiger partial charge in [0.2, 0.25) is 5.16 Å². The van der Waals surface area contributed by atoms with Gasteiger partial charge in [-0.25, -0.2) is 4.98 Å². The number of nitrogens with zero attached hydrogens (tertiary/aromatic N) is 3. The van der Waals surface area contributed by atoms with Gasteiger partial charge in [-0.2, -0.15) is 0 Å². The second-order valence-electron chi connectivity index (χ2n) is 4.92. The van der Waals surface area contributed by atoms with Gasteiger partial charge in [-0.3, -0.25) is 0 Å². The average Bonchev–Trinajstić information content (AvgIpc) is 2.97. The second-order valence-corrected chi connectivity index (χ2v) is 5.86. The summed E-state index contributed by atoms with van der Waals surface area (Å²) in [6.45, 7) is 0. The summed E-state index contributed by atoms with van der Waals surface area (Å²) in [6.07, 6.45) is 0. The first kappa shape index (κ1) is 13.8. The Hall–Kier alpha value is -2.84. The number of aromatic nitrogens is 4. The zero-order chi connectivity index (χ0) is 15.5. The molecular formula is C18H12N4S. The molecule has 0 bridgehead atoms. The smallest absolute Gasteiger partial charge is 0.212 e. The number of para-hydroxylation sites is 1. The molecule has 0 saturated carbocycles. The molecule has 0 unspecified atom stereocenters. The molecule has 4 aromatic rings. The Morgan fingerprint density at radius 2 is 1.78 bits per heavy atom. The van der Waals surface area contributed by atoms with E-state index in [4.69, 9.17) is 0 Å². The molecule has 0 aliphatic carbocycles. The minimum Gasteiger partial charge on any atom is -0.338 e. The van der Waals surface area contributed by atoms with E-state index in [1.54, 1.807) is 0 Å². The van der Waals surface area contributed by atoms with Gasteiger partial charge in [-0.15, -0.1) is 10.2 Å². The summed E-state index contributed by atoms with van der Waals surface area (Å²) < 4.78 is 0. The summed E-state index contributed by atoms with van der Waals surface area (Å²) in [5, 5.41) is 10.2. The number of nitrogens with one attached hydrogen (secondary N) is 1. The minimum atomic E-state index is 0.627. The fraction of sp³-hybridized carbons (Fsp3) is 0.0556. The van der Waals surface area contributed by atoms with Crippen LogP contribution in [0.4, 0.5) is 0 Å². The molecule has 0 aliphatic rings. The first-order chi connectivity index (χ1) is 11.4. The van der Waals surface area contributed by atoms with Crippen LogP contribution in [0.2, 0.25) is 0 Å². The predicted octanol–water partition coefficient (Wildman–Crippen LogP) is 3.65. The van der Waals surface area contributed by atoms with Crippen LogP contribution in [0.15, 0.2) is 59.8 Å². The number of aromatic amines is 1. The number of fused-ring (bicyclic) bond motifs is 3. The van der Waals surface area contributed by atoms with Gasteiger partial charge < -0.3 is 4.98 Å². The van der Waals surface area contributed by atoms with E-state index < -0.39 is 0 Å². The normalized spacial score (nSPS) is 10.6. The van der Waals surface area contributed by atoms with Crippen LogP contribution < -0.4 is 0 Å². The van der Waals surface area contributed by atoms with Gasteiger partial charge in [0.05, 0.1) is 5.75 Å². The van der Waals surface area contributed by atoms with Crippen LogP contribution in [0.1, 0.15) is 5.56 Å². The standard InChI is InChI=1S/C18H12N4S/c1-2-7-13(8-3-1)9-6-12-23-18-20-17-16(21-22-18)14-10-4-5-11-15(14)19-17/h1-5,7-8,10-11H,12H2,(H,19,20,22). The van der Waals surface area contributed by atoms with Gasteiger partial charge in [0.1, 0.15) is 5.52 Å². The molecule has 0 radical (unpaired) electrons. The lowest BCUT2D eigenvalue weighted by atomic mass is 10.2. The maximum Gasteiger partial charge on any atom is 0.212 e. The van der Waals surface area contributed by atoms with Gasteiger partial charge in [0.25, 0.3) is 0 Å². The first-order valence-electron chi connectivity index (χ1n) is 7.18. The Kier molecular flexibility index (Phi) is 3.66. The van der Waals surface area contributed by atoms with Crippen molar-refractivity contribution >= 4 is 33.8 Å². The van der Waals surface area contributed by atoms with Crippen molar-refractivity contribution in [2.24, 2.45) is 0 Å². The molecule has 0 atom stereocenters. The minimum absolute atomic E-state index is 0.627. The molecule has 4 rings (SSSR count). The molecule has 0 amide bonds. The van der Waals surface area contributed by atoms with Crippen molar-refractivity contribution in [3.05, 3.63) is 60.2 Å². The van der Waals surface area contributed by atoms with Crippen LogP contribution in [0.3, 0.4) is 0 Å². The molecule has 0 fully saturated rings. The lowest BCUT2D eigenvalue weighted by Crippen LogP contribution is -1.91. The SMILES string of the molecule is C(#Cc1ccccc1)CSc1nnc2c(n1)[nH]c1ccccc12. The Bertz CT molecular complexity index is 1030. The lowest BCUT2D eigenvalue weighted by molar-refractivity contribution is 0.879. The van der Waals surface area contributed by atoms with E-state index in [9.17, 15) is 0 Å². The summed E-state index contributed by atoms with van der Waals surface area (Å²) in [5.74, 6) is 6.87. The summed E-state index contributed by atoms with van der Waals surface area (Å²) >= 11 is 1.49. The van der Waals surface area contributed by atoms with Gasteiger partial charge in [0.15, 0.2) is 5.65 Å². The highest BCUT2D eigenvalue weighted by atomic mass is 32.2. The highest BCUT2D eigenvalue weighted by Gasteiger charge is 2.08. The van der Waals surface area contributed by atoms with Crippen LogP contribution in [0.25, 0.3) is 22.1 Å². The Morgan fingerprint density at radius 3 is 2.70 bits per heavy atom. The molecule has 1 N–H and O–H groups in total. The maximum absolute atomic E-state index is 4.52. The Balaban J connectivity index is 1.53. The van der Waals surface area contributed by atoms with Crippen molar-refractivity contribution in [2.45, 2.75) is 5.16 Å². The van der Waals surface area contributed by atoms with Crippen molar-refractivity contribution in [3.63, 3.8) is 0 Å². The molecule has 0 saturated heterocycles. The summed E-state index contributed by atoms with van der Waals surface area (Å²) in [4.78, 5) is 7.79. The largest absolute Gasteiger partial charge is 0.338 e. The highest BCUT2D eigenvalue weighted by molar-refractivity contribution is 7.99. The van der Waals surface area contributed by atoms with E-state index in [-0.39, 0.29) is 0 Å². The number of hydrogen-bond donors (Lipinski definition) is 1. The molecule has 0 spiro atoms. The van der Waals surface area contributed by atoms with Crippen molar-refractivity contribution in [1.82, 2.24) is 20.2 Å². The van der Waals surface area contributed by atoms with Crippen LogP contribution in [-0.2, 0) is 0 Å². The lowest BCUT2D eigenvalue weighted by Gasteiger charge is -1.94. The van der Waals surface area contributed by atoms with E-state index in [0.29, 0.717) is 10.9 Å². The van der Waals surface area contributed by atoms with E-state index >= 15 is 0 Å². The summed E-state index contributed by atoms with van der Waals surface area (Å²) in [5.41, 5.74) is 3.61. The fourth-order valence-electron chi connectivity index (χ4n) is 2.33. The highest BCUT2D eigenvalue weighted by Crippen LogP contribution is 2.22. The zero-order valence-electron chi connectivity index (χ0n) is 12.2. The van der Waals surface area contributed by atoms with Crippen LogP contribution in [0.5, 0.6) is 0 Å². The van der Waals surface area contributed by atoms with Gasteiger partial charge >= 0.3 is 0 Å². The van der Waals surface area contributed by atoms with Crippen LogP contribution >= 0.6 is 11.8 Å². The predicted molar refractivity (Wildman–Crippen MR) is 93.2 cm³/mol. The second kappa shape index (κ2) is 6.11. The first-order valence-corrected chi connectivity index (χ1v) is 8.16. The summed E-state index contributed by atoms with van der Waals surface area (Å²) in [7, 11) is 0. The molecule has 4 nitrogen and oxygen atoms in total. The molecule has 2 aromatic carbocycles. The van der Waals surface area contributed by atoms with Crippen LogP contribution in [0, 0.1) is 11.8 Å². The van der Waals surface area contributed by atoms with E-state index in [0.717, 1.165) is 27.6 Å². The molecule has 2 heterocycles. The Labute approximate surface area is 137 Å². The fourth-order valence-corrected chi connectivity index (χ4v) is 2.86. The molecule has 2 aromatic heterocycles. The topological polar surface area (TPSA) is 54.5 Å². The zero-order valence-corrected chi connectivity index (χ0v) is 13.0. The summed E-state index contributed by atoms with van der Waals surface area (Å²) in [6, 6.07) is 17.9. The van der Waals surface area contributed by atoms with Gasteiger partial charge in [0, 0.05) is 16.5 Å². The third-order valence-electron chi connectivity index (χ3n) is 3.38. The number of rotatable bonds is 2. The average molecular weight is 316 g/mol. The van der Waals surface area contributed by atoms with Crippen LogP contribution in [-0.4, -0.2) is 25.9 Å².